The maximum Gasteiger partial charge on any atom is 0.262 e. The van der Waals surface area contributed by atoms with E-state index < -0.39 is 10.0 Å². The van der Waals surface area contributed by atoms with E-state index in [0.29, 0.717) is 24.4 Å². The molecule has 0 saturated carbocycles. The Morgan fingerprint density at radius 3 is 2.39 bits per heavy atom. The van der Waals surface area contributed by atoms with Gasteiger partial charge in [0, 0.05) is 40.6 Å². The molecule has 1 aromatic heterocycles. The first-order chi connectivity index (χ1) is 15.9. The van der Waals surface area contributed by atoms with Crippen LogP contribution in [0.25, 0.3) is 21.8 Å². The number of aromatic nitrogens is 1. The van der Waals surface area contributed by atoms with Gasteiger partial charge in [-0.2, -0.15) is 0 Å². The lowest BCUT2D eigenvalue weighted by Crippen LogP contribution is -2.24. The largest absolute Gasteiger partial charge is 0.484 e. The number of sulfonamides is 1. The molecule has 172 valence electrons. The molecule has 4 rings (SSSR count). The number of para-hydroxylation sites is 1. The van der Waals surface area contributed by atoms with Crippen LogP contribution in [-0.2, 0) is 21.4 Å². The second-order valence-corrected chi connectivity index (χ2v) is 9.47. The second-order valence-electron chi connectivity index (χ2n) is 7.70. The summed E-state index contributed by atoms with van der Waals surface area (Å²) in [5, 5.41) is 5.10. The minimum atomic E-state index is -3.53. The minimum Gasteiger partial charge on any atom is -0.484 e. The van der Waals surface area contributed by atoms with Gasteiger partial charge < -0.3 is 14.6 Å². The van der Waals surface area contributed by atoms with E-state index in [1.54, 1.807) is 12.1 Å². The van der Waals surface area contributed by atoms with Crippen molar-refractivity contribution in [3.05, 3.63) is 66.7 Å². The lowest BCUT2D eigenvalue weighted by Gasteiger charge is -2.09. The Balaban J connectivity index is 1.42. The average Bonchev–Trinajstić information content (AvgIpc) is 3.15. The first kappa shape index (κ1) is 22.8. The zero-order valence-corrected chi connectivity index (χ0v) is 19.5. The summed E-state index contributed by atoms with van der Waals surface area (Å²) in [5.74, 6) is 0.121. The van der Waals surface area contributed by atoms with Gasteiger partial charge in [-0.25, -0.2) is 13.1 Å². The third-order valence-corrected chi connectivity index (χ3v) is 6.90. The number of hydrogen-bond donors (Lipinski definition) is 2. The summed E-state index contributed by atoms with van der Waals surface area (Å²) in [6.07, 6.45) is 0.711. The molecular weight excluding hydrogens is 438 g/mol. The van der Waals surface area contributed by atoms with Crippen molar-refractivity contribution in [3.63, 3.8) is 0 Å². The van der Waals surface area contributed by atoms with Crippen molar-refractivity contribution in [2.24, 2.45) is 0 Å². The number of amides is 1. The topological polar surface area (TPSA) is 89.4 Å². The number of nitrogens with one attached hydrogen (secondary N) is 2. The zero-order chi connectivity index (χ0) is 23.4. The molecule has 0 aliphatic heterocycles. The molecule has 0 atom stereocenters. The zero-order valence-electron chi connectivity index (χ0n) is 18.7. The van der Waals surface area contributed by atoms with E-state index in [9.17, 15) is 13.2 Å². The normalized spacial score (nSPS) is 11.7. The Morgan fingerprint density at radius 2 is 1.67 bits per heavy atom. The Morgan fingerprint density at radius 1 is 0.939 bits per heavy atom. The maximum atomic E-state index is 12.4. The highest BCUT2D eigenvalue weighted by Gasteiger charge is 2.14. The number of anilines is 1. The van der Waals surface area contributed by atoms with Crippen molar-refractivity contribution in [3.8, 4) is 5.75 Å². The molecule has 0 radical (unpaired) electrons. The fourth-order valence-corrected chi connectivity index (χ4v) is 4.99. The van der Waals surface area contributed by atoms with Crippen molar-refractivity contribution in [2.45, 2.75) is 31.7 Å². The number of carbonyl (C=O) groups excluding carboxylic acids is 1. The quantitative estimate of drug-likeness (QED) is 0.380. The van der Waals surface area contributed by atoms with Crippen LogP contribution in [0.5, 0.6) is 5.75 Å². The predicted molar refractivity (Wildman–Crippen MR) is 131 cm³/mol. The molecule has 0 unspecified atom stereocenters. The fourth-order valence-electron chi connectivity index (χ4n) is 3.85. The van der Waals surface area contributed by atoms with Gasteiger partial charge in [0.15, 0.2) is 6.61 Å². The summed E-state index contributed by atoms with van der Waals surface area (Å²) >= 11 is 0. The van der Waals surface area contributed by atoms with Crippen molar-refractivity contribution in [1.82, 2.24) is 9.29 Å². The van der Waals surface area contributed by atoms with Gasteiger partial charge in [-0.15, -0.1) is 0 Å². The van der Waals surface area contributed by atoms with Crippen LogP contribution in [0, 0.1) is 0 Å². The monoisotopic (exact) mass is 465 g/mol. The molecule has 1 heterocycles. The Labute approximate surface area is 193 Å². The standard InChI is InChI=1S/C25H27N3O4S/c1-3-15-26-33(30,31)20-12-10-19(11-13-20)32-17-25(29)27-18-9-14-24-22(16-18)21-7-5-6-8-23(21)28(24)4-2/h5-14,16,26H,3-4,15,17H2,1-2H3,(H,27,29). The molecule has 0 aliphatic carbocycles. The summed E-state index contributed by atoms with van der Waals surface area (Å²) in [6, 6.07) is 20.1. The van der Waals surface area contributed by atoms with Crippen LogP contribution in [0.3, 0.4) is 0 Å². The molecule has 0 fully saturated rings. The molecule has 2 N–H and O–H groups in total. The number of ether oxygens (including phenoxy) is 1. The third kappa shape index (κ3) is 4.86. The van der Waals surface area contributed by atoms with Gasteiger partial charge >= 0.3 is 0 Å². The lowest BCUT2D eigenvalue weighted by atomic mass is 10.1. The summed E-state index contributed by atoms with van der Waals surface area (Å²) in [5.41, 5.74) is 2.98. The number of rotatable bonds is 9. The molecule has 0 spiro atoms. The summed E-state index contributed by atoms with van der Waals surface area (Å²) in [7, 11) is -3.53. The minimum absolute atomic E-state index is 0.160. The third-order valence-electron chi connectivity index (χ3n) is 5.42. The predicted octanol–water partition coefficient (Wildman–Crippen LogP) is 4.52. The lowest BCUT2D eigenvalue weighted by molar-refractivity contribution is -0.118. The van der Waals surface area contributed by atoms with E-state index in [0.717, 1.165) is 28.4 Å². The van der Waals surface area contributed by atoms with Crippen LogP contribution in [0.15, 0.2) is 71.6 Å². The summed E-state index contributed by atoms with van der Waals surface area (Å²) in [6.45, 7) is 5.06. The van der Waals surface area contributed by atoms with Crippen LogP contribution >= 0.6 is 0 Å². The fraction of sp³-hybridized carbons (Fsp3) is 0.240. The number of benzene rings is 3. The van der Waals surface area contributed by atoms with Gasteiger partial charge in [-0.1, -0.05) is 25.1 Å². The molecule has 8 heteroatoms. The number of nitrogens with zero attached hydrogens (tertiary/aromatic N) is 1. The van der Waals surface area contributed by atoms with E-state index in [-0.39, 0.29) is 17.4 Å². The summed E-state index contributed by atoms with van der Waals surface area (Å²) < 4.78 is 34.6. The maximum absolute atomic E-state index is 12.4. The molecule has 0 bridgehead atoms. The molecule has 7 nitrogen and oxygen atoms in total. The van der Waals surface area contributed by atoms with Crippen molar-refractivity contribution < 1.29 is 17.9 Å². The molecule has 3 aromatic carbocycles. The molecule has 33 heavy (non-hydrogen) atoms. The Hall–Kier alpha value is -3.36. The number of carbonyl (C=O) groups is 1. The van der Waals surface area contributed by atoms with Crippen LogP contribution in [0.1, 0.15) is 20.3 Å². The SMILES string of the molecule is CCCNS(=O)(=O)c1ccc(OCC(=O)Nc2ccc3c(c2)c2ccccc2n3CC)cc1. The molecule has 0 aliphatic rings. The van der Waals surface area contributed by atoms with Gasteiger partial charge in [0.05, 0.1) is 4.90 Å². The Bertz CT molecular complexity index is 1390. The molecule has 4 aromatic rings. The van der Waals surface area contributed by atoms with Gasteiger partial charge in [-0.05, 0) is 61.9 Å². The summed E-state index contributed by atoms with van der Waals surface area (Å²) in [4.78, 5) is 12.6. The molecule has 0 saturated heterocycles. The number of fused-ring (bicyclic) bond motifs is 3. The van der Waals surface area contributed by atoms with Crippen LogP contribution < -0.4 is 14.8 Å². The van der Waals surface area contributed by atoms with E-state index >= 15 is 0 Å². The van der Waals surface area contributed by atoms with Gasteiger partial charge in [0.25, 0.3) is 5.91 Å². The van der Waals surface area contributed by atoms with Crippen LogP contribution in [-0.4, -0.2) is 32.0 Å². The molecular formula is C25H27N3O4S. The van der Waals surface area contributed by atoms with Crippen LogP contribution in [0.2, 0.25) is 0 Å². The van der Waals surface area contributed by atoms with Crippen molar-refractivity contribution >= 4 is 43.4 Å². The van der Waals surface area contributed by atoms with E-state index in [4.69, 9.17) is 4.74 Å². The smallest absolute Gasteiger partial charge is 0.262 e. The van der Waals surface area contributed by atoms with Gasteiger partial charge in [-0.3, -0.25) is 4.79 Å². The highest BCUT2D eigenvalue weighted by Crippen LogP contribution is 2.31. The number of aryl methyl sites for hydroxylation is 1. The first-order valence-corrected chi connectivity index (χ1v) is 12.4. The highest BCUT2D eigenvalue weighted by molar-refractivity contribution is 7.89. The number of hydrogen-bond acceptors (Lipinski definition) is 4. The van der Waals surface area contributed by atoms with Gasteiger partial charge in [0.2, 0.25) is 10.0 Å². The van der Waals surface area contributed by atoms with E-state index in [1.165, 1.54) is 12.1 Å². The van der Waals surface area contributed by atoms with E-state index in [2.05, 4.69) is 33.7 Å². The molecule has 1 amide bonds. The average molecular weight is 466 g/mol. The van der Waals surface area contributed by atoms with Gasteiger partial charge in [0.1, 0.15) is 5.75 Å². The first-order valence-electron chi connectivity index (χ1n) is 11.0. The van der Waals surface area contributed by atoms with E-state index in [1.807, 2.05) is 37.3 Å². The highest BCUT2D eigenvalue weighted by atomic mass is 32.2. The second kappa shape index (κ2) is 9.64. The Kier molecular flexibility index (Phi) is 6.67. The van der Waals surface area contributed by atoms with Crippen molar-refractivity contribution in [1.29, 1.82) is 0 Å². The van der Waals surface area contributed by atoms with Crippen molar-refractivity contribution in [2.75, 3.05) is 18.5 Å². The van der Waals surface area contributed by atoms with Crippen LogP contribution in [0.4, 0.5) is 5.69 Å².